The zero-order chi connectivity index (χ0) is 29.9. The number of hydrogen-bond acceptors (Lipinski definition) is 10. The van der Waals surface area contributed by atoms with Crippen molar-refractivity contribution in [3.8, 4) is 23.5 Å². The topological polar surface area (TPSA) is 121 Å². The number of fused-ring (bicyclic) bond motifs is 4. The predicted molar refractivity (Wildman–Crippen MR) is 165 cm³/mol. The molecule has 4 heterocycles. The van der Waals surface area contributed by atoms with E-state index < -0.39 is 5.41 Å². The summed E-state index contributed by atoms with van der Waals surface area (Å²) in [5.74, 6) is 2.83. The van der Waals surface area contributed by atoms with Gasteiger partial charge in [0.2, 0.25) is 5.88 Å². The quantitative estimate of drug-likeness (QED) is 0.424. The third-order valence-corrected chi connectivity index (χ3v) is 10.5. The Morgan fingerprint density at radius 3 is 2.77 bits per heavy atom. The molecule has 4 aliphatic rings. The molecule has 43 heavy (non-hydrogen) atoms. The maximum atomic E-state index is 10.1. The molecule has 10 nitrogen and oxygen atoms in total. The lowest BCUT2D eigenvalue weighted by Crippen LogP contribution is -2.38. The SMILES string of the molecule is CC(Oc1cc(N2CCC(N(C)C)C2)nc(-c2noc3c2CCCC32CCc3ccc(N)c(C#N)c32)n1)C1CCCN1C. The number of likely N-dealkylation sites (N-methyl/N-ethyl adjacent to an activating group) is 2. The van der Waals surface area contributed by atoms with Crippen LogP contribution in [-0.4, -0.2) is 83.9 Å². The van der Waals surface area contributed by atoms with Crippen molar-refractivity contribution >= 4 is 11.5 Å². The molecule has 4 atom stereocenters. The van der Waals surface area contributed by atoms with Crippen LogP contribution in [-0.2, 0) is 18.3 Å². The van der Waals surface area contributed by atoms with E-state index in [1.807, 2.05) is 12.1 Å². The minimum Gasteiger partial charge on any atom is -0.473 e. The molecule has 1 spiro atoms. The number of aryl methyl sites for hydroxylation is 1. The maximum absolute atomic E-state index is 10.1. The first-order valence-electron chi connectivity index (χ1n) is 15.8. The van der Waals surface area contributed by atoms with E-state index in [0.29, 0.717) is 40.7 Å². The first-order chi connectivity index (χ1) is 20.8. The lowest BCUT2D eigenvalue weighted by molar-refractivity contribution is 0.117. The second-order valence-corrected chi connectivity index (χ2v) is 13.2. The molecule has 2 aliphatic carbocycles. The molecule has 0 saturated carbocycles. The molecule has 0 amide bonds. The van der Waals surface area contributed by atoms with Crippen molar-refractivity contribution in [2.45, 2.75) is 81.9 Å². The number of rotatable bonds is 6. The monoisotopic (exact) mass is 582 g/mol. The van der Waals surface area contributed by atoms with E-state index in [2.05, 4.69) is 60.1 Å². The van der Waals surface area contributed by atoms with Crippen LogP contribution in [0.1, 0.15) is 73.5 Å². The zero-order valence-corrected chi connectivity index (χ0v) is 25.8. The van der Waals surface area contributed by atoms with Crippen molar-refractivity contribution in [1.29, 1.82) is 5.26 Å². The van der Waals surface area contributed by atoms with Gasteiger partial charge in [-0.2, -0.15) is 10.2 Å². The molecular weight excluding hydrogens is 540 g/mol. The number of ether oxygens (including phenoxy) is 1. The van der Waals surface area contributed by atoms with Crippen LogP contribution in [0.15, 0.2) is 22.7 Å². The number of likely N-dealkylation sites (tertiary alicyclic amines) is 1. The summed E-state index contributed by atoms with van der Waals surface area (Å²) in [7, 11) is 6.44. The van der Waals surface area contributed by atoms with Gasteiger partial charge in [0, 0.05) is 42.5 Å². The maximum Gasteiger partial charge on any atom is 0.219 e. The minimum absolute atomic E-state index is 0.00412. The molecule has 1 aromatic carbocycles. The van der Waals surface area contributed by atoms with E-state index in [1.54, 1.807) is 0 Å². The van der Waals surface area contributed by atoms with Crippen molar-refractivity contribution in [3.63, 3.8) is 0 Å². The largest absolute Gasteiger partial charge is 0.473 e. The highest BCUT2D eigenvalue weighted by atomic mass is 16.5. The van der Waals surface area contributed by atoms with Gasteiger partial charge in [-0.15, -0.1) is 0 Å². The molecule has 2 N–H and O–H groups in total. The van der Waals surface area contributed by atoms with Crippen molar-refractivity contribution in [2.24, 2.45) is 0 Å². The van der Waals surface area contributed by atoms with E-state index in [-0.39, 0.29) is 6.10 Å². The van der Waals surface area contributed by atoms with Crippen LogP contribution in [0.3, 0.4) is 0 Å². The minimum atomic E-state index is -0.402. The molecule has 2 saturated heterocycles. The first kappa shape index (κ1) is 28.1. The van der Waals surface area contributed by atoms with Crippen molar-refractivity contribution in [2.75, 3.05) is 51.4 Å². The van der Waals surface area contributed by atoms with Crippen molar-refractivity contribution < 1.29 is 9.26 Å². The normalized spacial score (nSPS) is 25.7. The van der Waals surface area contributed by atoms with Gasteiger partial charge in [-0.25, -0.2) is 4.98 Å². The summed E-state index contributed by atoms with van der Waals surface area (Å²) in [6.45, 7) is 5.06. The molecule has 7 rings (SSSR count). The van der Waals surface area contributed by atoms with Crippen LogP contribution in [0.2, 0.25) is 0 Å². The fourth-order valence-corrected chi connectivity index (χ4v) is 8.17. The predicted octanol–water partition coefficient (Wildman–Crippen LogP) is 4.16. The van der Waals surface area contributed by atoms with Gasteiger partial charge in [0.1, 0.15) is 18.0 Å². The number of anilines is 2. The van der Waals surface area contributed by atoms with Gasteiger partial charge < -0.3 is 24.8 Å². The van der Waals surface area contributed by atoms with Gasteiger partial charge in [-0.1, -0.05) is 11.2 Å². The Kier molecular flexibility index (Phi) is 7.06. The van der Waals surface area contributed by atoms with Crippen LogP contribution in [0.5, 0.6) is 5.88 Å². The van der Waals surface area contributed by atoms with Crippen molar-refractivity contribution in [3.05, 3.63) is 46.2 Å². The number of nitrogens with zero attached hydrogens (tertiary/aromatic N) is 7. The van der Waals surface area contributed by atoms with Gasteiger partial charge in [-0.05, 0) is 103 Å². The van der Waals surface area contributed by atoms with Crippen LogP contribution in [0, 0.1) is 11.3 Å². The van der Waals surface area contributed by atoms with Crippen LogP contribution >= 0.6 is 0 Å². The lowest BCUT2D eigenvalue weighted by atomic mass is 9.68. The summed E-state index contributed by atoms with van der Waals surface area (Å²) in [6.07, 6.45) is 7.84. The molecule has 10 heteroatoms. The van der Waals surface area contributed by atoms with Gasteiger partial charge in [0.05, 0.1) is 11.0 Å². The van der Waals surface area contributed by atoms with Crippen molar-refractivity contribution in [1.82, 2.24) is 24.9 Å². The van der Waals surface area contributed by atoms with E-state index in [0.717, 1.165) is 87.3 Å². The molecule has 4 unspecified atom stereocenters. The molecule has 226 valence electrons. The average Bonchev–Trinajstić information content (AvgIpc) is 3.80. The molecule has 0 bridgehead atoms. The van der Waals surface area contributed by atoms with Gasteiger partial charge in [0.15, 0.2) is 17.3 Å². The second-order valence-electron chi connectivity index (χ2n) is 13.2. The fourth-order valence-electron chi connectivity index (χ4n) is 8.17. The standard InChI is InChI=1S/C33H42N8O2/c1-20(26-8-6-15-40(26)4)42-28-17-27(41-16-12-22(19-41)39(2)3)36-32(37-28)30-23-7-5-13-33(31(23)43-38-30)14-11-21-9-10-25(35)24(18-34)29(21)33/h9-10,17,20,22,26H,5-8,11-16,19,35H2,1-4H3. The highest BCUT2D eigenvalue weighted by Crippen LogP contribution is 2.54. The fraction of sp³-hybridized carbons (Fsp3) is 0.576. The zero-order valence-electron chi connectivity index (χ0n) is 25.8. The Labute approximate surface area is 253 Å². The Bertz CT molecular complexity index is 1580. The first-order valence-corrected chi connectivity index (χ1v) is 15.8. The smallest absolute Gasteiger partial charge is 0.219 e. The van der Waals surface area contributed by atoms with Crippen LogP contribution < -0.4 is 15.4 Å². The molecule has 3 aromatic rings. The third kappa shape index (κ3) is 4.64. The van der Waals surface area contributed by atoms with E-state index in [1.165, 1.54) is 12.0 Å². The Morgan fingerprint density at radius 2 is 2.02 bits per heavy atom. The summed E-state index contributed by atoms with van der Waals surface area (Å²) in [5.41, 5.74) is 10.9. The highest BCUT2D eigenvalue weighted by molar-refractivity contribution is 5.68. The average molecular weight is 583 g/mol. The van der Waals surface area contributed by atoms with Crippen LogP contribution in [0.4, 0.5) is 11.5 Å². The van der Waals surface area contributed by atoms with Gasteiger partial charge in [0.25, 0.3) is 0 Å². The molecule has 2 aliphatic heterocycles. The summed E-state index contributed by atoms with van der Waals surface area (Å²) >= 11 is 0. The second kappa shape index (κ2) is 10.8. The number of nitrogens with two attached hydrogens (primary N) is 1. The Hall–Kier alpha value is -3.68. The third-order valence-electron chi connectivity index (χ3n) is 10.5. The van der Waals surface area contributed by atoms with E-state index >= 15 is 0 Å². The summed E-state index contributed by atoms with van der Waals surface area (Å²) in [6, 6.07) is 9.15. The van der Waals surface area contributed by atoms with Gasteiger partial charge in [-0.3, -0.25) is 4.90 Å². The van der Waals surface area contributed by atoms with E-state index in [9.17, 15) is 5.26 Å². The van der Waals surface area contributed by atoms with Gasteiger partial charge >= 0.3 is 0 Å². The molecule has 2 aromatic heterocycles. The molecule has 2 fully saturated rings. The summed E-state index contributed by atoms with van der Waals surface area (Å²) in [5, 5.41) is 14.7. The molecular formula is C33H42N8O2. The summed E-state index contributed by atoms with van der Waals surface area (Å²) < 4.78 is 12.8. The summed E-state index contributed by atoms with van der Waals surface area (Å²) in [4.78, 5) is 17.1. The number of aromatic nitrogens is 3. The molecule has 0 radical (unpaired) electrons. The number of benzene rings is 1. The number of nitrogen functional groups attached to an aromatic ring is 1. The number of hydrogen-bond donors (Lipinski definition) is 1. The Balaban J connectivity index is 1.30. The van der Waals surface area contributed by atoms with Crippen LogP contribution in [0.25, 0.3) is 11.5 Å². The lowest BCUT2D eigenvalue weighted by Gasteiger charge is -2.33. The number of nitriles is 1. The van der Waals surface area contributed by atoms with E-state index in [4.69, 9.17) is 25.0 Å². The Morgan fingerprint density at radius 1 is 1.16 bits per heavy atom. The highest BCUT2D eigenvalue weighted by Gasteiger charge is 2.49.